The minimum Gasteiger partial charge on any atom is -0.102 e. The van der Waals surface area contributed by atoms with Crippen molar-refractivity contribution in [1.82, 2.24) is 0 Å². The average molecular weight is 348 g/mol. The molecular weight excluding hydrogens is 338 g/mol. The van der Waals surface area contributed by atoms with Gasteiger partial charge in [0.1, 0.15) is 0 Å². The summed E-state index contributed by atoms with van der Waals surface area (Å²) in [7, 11) is 0. The summed E-state index contributed by atoms with van der Waals surface area (Å²) in [6, 6.07) is 0. The lowest BCUT2D eigenvalue weighted by atomic mass is 10.1. The second-order valence-electron chi connectivity index (χ2n) is 1.79. The maximum atomic E-state index is 3.93. The first-order chi connectivity index (χ1) is 4.26. The zero-order valence-corrected chi connectivity index (χ0v) is 9.55. The summed E-state index contributed by atoms with van der Waals surface area (Å²) < 4.78 is 2.14. The third-order valence-electron chi connectivity index (χ3n) is 1.15. The molecule has 0 rings (SSSR count). The van der Waals surface area contributed by atoms with Crippen molar-refractivity contribution in [2.75, 3.05) is 8.86 Å². The summed E-state index contributed by atoms with van der Waals surface area (Å²) in [5.41, 5.74) is 1.28. The van der Waals surface area contributed by atoms with Gasteiger partial charge in [0.05, 0.1) is 0 Å². The molecule has 0 N–H and O–H groups in total. The summed E-state index contributed by atoms with van der Waals surface area (Å²) in [4.78, 5) is 0. The number of hydrogen-bond donors (Lipinski definition) is 0. The SMILES string of the molecule is C=CC(CI)C(=C)CI. The van der Waals surface area contributed by atoms with Gasteiger partial charge in [-0.25, -0.2) is 0 Å². The molecule has 0 amide bonds. The maximum absolute atomic E-state index is 3.93. The van der Waals surface area contributed by atoms with E-state index >= 15 is 0 Å². The van der Waals surface area contributed by atoms with E-state index in [1.165, 1.54) is 5.57 Å². The van der Waals surface area contributed by atoms with Crippen LogP contribution >= 0.6 is 45.2 Å². The summed E-state index contributed by atoms with van der Waals surface area (Å²) in [6.07, 6.45) is 1.97. The zero-order chi connectivity index (χ0) is 7.28. The Bertz CT molecular complexity index is 107. The van der Waals surface area contributed by atoms with Crippen molar-refractivity contribution < 1.29 is 0 Å². The van der Waals surface area contributed by atoms with Crippen LogP contribution in [0.3, 0.4) is 0 Å². The van der Waals surface area contributed by atoms with Gasteiger partial charge in [-0.1, -0.05) is 63.4 Å². The van der Waals surface area contributed by atoms with Crippen molar-refractivity contribution in [3.8, 4) is 0 Å². The Balaban J connectivity index is 3.78. The van der Waals surface area contributed by atoms with Crippen molar-refractivity contribution in [1.29, 1.82) is 0 Å². The number of allylic oxidation sites excluding steroid dienone is 2. The molecule has 0 radical (unpaired) electrons. The Morgan fingerprint density at radius 1 is 1.56 bits per heavy atom. The van der Waals surface area contributed by atoms with Gasteiger partial charge in [0.15, 0.2) is 0 Å². The normalized spacial score (nSPS) is 12.7. The fraction of sp³-hybridized carbons (Fsp3) is 0.429. The molecule has 0 aromatic rings. The number of hydrogen-bond acceptors (Lipinski definition) is 0. The monoisotopic (exact) mass is 348 g/mol. The predicted octanol–water partition coefficient (Wildman–Crippen LogP) is 3.21. The second-order valence-corrected chi connectivity index (χ2v) is 3.43. The highest BCUT2D eigenvalue weighted by Crippen LogP contribution is 2.15. The molecule has 1 unspecified atom stereocenters. The van der Waals surface area contributed by atoms with Gasteiger partial charge in [-0.15, -0.1) is 6.58 Å². The van der Waals surface area contributed by atoms with Crippen LogP contribution in [0.4, 0.5) is 0 Å². The molecule has 0 saturated heterocycles. The fourth-order valence-corrected chi connectivity index (χ4v) is 1.99. The van der Waals surface area contributed by atoms with Crippen molar-refractivity contribution in [3.63, 3.8) is 0 Å². The van der Waals surface area contributed by atoms with Crippen LogP contribution in [0.1, 0.15) is 0 Å². The van der Waals surface area contributed by atoms with E-state index in [4.69, 9.17) is 0 Å². The van der Waals surface area contributed by atoms with Crippen LogP contribution in [-0.4, -0.2) is 8.86 Å². The van der Waals surface area contributed by atoms with E-state index in [0.717, 1.165) is 8.86 Å². The smallest absolute Gasteiger partial charge is 0.0209 e. The average Bonchev–Trinajstić information content (AvgIpc) is 1.90. The molecule has 0 nitrogen and oxygen atoms in total. The Kier molecular flexibility index (Phi) is 6.30. The molecule has 0 aromatic heterocycles. The lowest BCUT2D eigenvalue weighted by Gasteiger charge is -2.08. The largest absolute Gasteiger partial charge is 0.102 e. The molecule has 0 saturated carbocycles. The van der Waals surface area contributed by atoms with Gasteiger partial charge in [0.25, 0.3) is 0 Å². The van der Waals surface area contributed by atoms with Gasteiger partial charge >= 0.3 is 0 Å². The maximum Gasteiger partial charge on any atom is 0.0209 e. The molecule has 1 atom stereocenters. The first kappa shape index (κ1) is 9.94. The number of alkyl halides is 2. The fourth-order valence-electron chi connectivity index (χ4n) is 0.438. The zero-order valence-electron chi connectivity index (χ0n) is 5.24. The molecule has 2 heteroatoms. The van der Waals surface area contributed by atoms with Crippen LogP contribution in [-0.2, 0) is 0 Å². The van der Waals surface area contributed by atoms with Crippen molar-refractivity contribution in [2.24, 2.45) is 5.92 Å². The molecule has 0 spiro atoms. The molecule has 0 aromatic carbocycles. The van der Waals surface area contributed by atoms with Crippen LogP contribution in [0, 0.1) is 5.92 Å². The van der Waals surface area contributed by atoms with Gasteiger partial charge in [-0.05, 0) is 0 Å². The first-order valence-corrected chi connectivity index (χ1v) is 5.73. The molecule has 0 aliphatic carbocycles. The Labute approximate surface area is 84.1 Å². The van der Waals surface area contributed by atoms with Crippen LogP contribution in [0.2, 0.25) is 0 Å². The Morgan fingerprint density at radius 2 is 2.11 bits per heavy atom. The van der Waals surface area contributed by atoms with Crippen molar-refractivity contribution in [3.05, 3.63) is 24.8 Å². The summed E-state index contributed by atoms with van der Waals surface area (Å²) in [5.74, 6) is 0.516. The van der Waals surface area contributed by atoms with Gasteiger partial charge in [0.2, 0.25) is 0 Å². The Morgan fingerprint density at radius 3 is 2.22 bits per heavy atom. The van der Waals surface area contributed by atoms with Crippen LogP contribution in [0.5, 0.6) is 0 Å². The number of rotatable bonds is 4. The van der Waals surface area contributed by atoms with Crippen LogP contribution in [0.15, 0.2) is 24.8 Å². The summed E-state index contributed by atoms with van der Waals surface area (Å²) in [6.45, 7) is 7.66. The third-order valence-corrected chi connectivity index (χ3v) is 3.08. The van der Waals surface area contributed by atoms with E-state index < -0.39 is 0 Å². The second kappa shape index (κ2) is 5.70. The molecule has 52 valence electrons. The standard InChI is InChI=1S/C7H10I2/c1-3-7(5-9)6(2)4-8/h3,7H,1-2,4-5H2. The van der Waals surface area contributed by atoms with Crippen LogP contribution in [0.25, 0.3) is 0 Å². The minimum atomic E-state index is 0.516. The van der Waals surface area contributed by atoms with E-state index in [1.54, 1.807) is 0 Å². The van der Waals surface area contributed by atoms with Gasteiger partial charge < -0.3 is 0 Å². The minimum absolute atomic E-state index is 0.516. The molecule has 0 heterocycles. The van der Waals surface area contributed by atoms with E-state index in [1.807, 2.05) is 6.08 Å². The third kappa shape index (κ3) is 3.60. The van der Waals surface area contributed by atoms with E-state index in [2.05, 4.69) is 58.3 Å². The van der Waals surface area contributed by atoms with Gasteiger partial charge in [0, 0.05) is 14.8 Å². The summed E-state index contributed by atoms with van der Waals surface area (Å²) >= 11 is 4.68. The van der Waals surface area contributed by atoms with Crippen LogP contribution < -0.4 is 0 Å². The van der Waals surface area contributed by atoms with Gasteiger partial charge in [-0.2, -0.15) is 0 Å². The summed E-state index contributed by atoms with van der Waals surface area (Å²) in [5, 5.41) is 0. The quantitative estimate of drug-likeness (QED) is 0.416. The highest BCUT2D eigenvalue weighted by molar-refractivity contribution is 14.1. The van der Waals surface area contributed by atoms with Crippen molar-refractivity contribution in [2.45, 2.75) is 0 Å². The highest BCUT2D eigenvalue weighted by Gasteiger charge is 2.03. The van der Waals surface area contributed by atoms with E-state index in [9.17, 15) is 0 Å². The lowest BCUT2D eigenvalue weighted by molar-refractivity contribution is 0.911. The predicted molar refractivity (Wildman–Crippen MR) is 60.6 cm³/mol. The molecular formula is C7H10I2. The number of halogens is 2. The molecule has 0 aliphatic rings. The van der Waals surface area contributed by atoms with Gasteiger partial charge in [-0.3, -0.25) is 0 Å². The molecule has 9 heavy (non-hydrogen) atoms. The van der Waals surface area contributed by atoms with E-state index in [0.29, 0.717) is 5.92 Å². The highest BCUT2D eigenvalue weighted by atomic mass is 127. The van der Waals surface area contributed by atoms with Crippen molar-refractivity contribution >= 4 is 45.2 Å². The van der Waals surface area contributed by atoms with E-state index in [-0.39, 0.29) is 0 Å². The molecule has 0 bridgehead atoms. The lowest BCUT2D eigenvalue weighted by Crippen LogP contribution is -2.01. The molecule has 0 aliphatic heterocycles. The topological polar surface area (TPSA) is 0 Å². The Hall–Kier alpha value is 0.940. The first-order valence-electron chi connectivity index (χ1n) is 2.68. The molecule has 0 fully saturated rings.